The molecular formula is C25H26N4O. The van der Waals surface area contributed by atoms with Crippen LogP contribution in [0.2, 0.25) is 0 Å². The van der Waals surface area contributed by atoms with Gasteiger partial charge in [0.2, 0.25) is 0 Å². The van der Waals surface area contributed by atoms with Crippen molar-refractivity contribution in [3.63, 3.8) is 0 Å². The Morgan fingerprint density at radius 3 is 2.67 bits per heavy atom. The summed E-state index contributed by atoms with van der Waals surface area (Å²) in [5.41, 5.74) is 5.38. The summed E-state index contributed by atoms with van der Waals surface area (Å²) in [5.74, 6) is -0.00281. The van der Waals surface area contributed by atoms with Crippen LogP contribution in [0.15, 0.2) is 79.3 Å². The normalized spacial score (nSPS) is 11.9. The number of nitrogens with zero attached hydrogens (tertiary/aromatic N) is 2. The lowest BCUT2D eigenvalue weighted by Gasteiger charge is -2.18. The van der Waals surface area contributed by atoms with Crippen LogP contribution in [0, 0.1) is 0 Å². The number of aryl methyl sites for hydroxylation is 2. The maximum atomic E-state index is 12.7. The van der Waals surface area contributed by atoms with Gasteiger partial charge in [-0.2, -0.15) is 0 Å². The molecule has 4 aromatic rings. The quantitative estimate of drug-likeness (QED) is 0.475. The zero-order valence-electron chi connectivity index (χ0n) is 17.3. The van der Waals surface area contributed by atoms with Crippen molar-refractivity contribution in [1.29, 1.82) is 0 Å². The average Bonchev–Trinajstić information content (AvgIpc) is 3.12. The van der Waals surface area contributed by atoms with E-state index in [1.807, 2.05) is 55.7 Å². The molecule has 0 unspecified atom stereocenters. The topological polar surface area (TPSA) is 59.0 Å². The second-order valence-corrected chi connectivity index (χ2v) is 7.40. The van der Waals surface area contributed by atoms with E-state index in [2.05, 4.69) is 51.5 Å². The highest BCUT2D eigenvalue weighted by Gasteiger charge is 2.20. The molecular weight excluding hydrogens is 372 g/mol. The largest absolute Gasteiger partial charge is 0.350 e. The Balaban J connectivity index is 1.59. The van der Waals surface area contributed by atoms with Crippen LogP contribution in [-0.4, -0.2) is 22.1 Å². The first-order chi connectivity index (χ1) is 14.7. The van der Waals surface area contributed by atoms with Crippen LogP contribution in [0.1, 0.15) is 29.5 Å². The molecule has 1 atom stereocenters. The smallest absolute Gasteiger partial charge is 0.319 e. The Bertz CT molecular complexity index is 1150. The van der Waals surface area contributed by atoms with Gasteiger partial charge in [0.1, 0.15) is 0 Å². The summed E-state index contributed by atoms with van der Waals surface area (Å²) in [6.45, 7) is 2.55. The third kappa shape index (κ3) is 4.06. The maximum Gasteiger partial charge on any atom is 0.319 e. The number of carbonyl (C=O) groups is 1. The summed E-state index contributed by atoms with van der Waals surface area (Å²) in [6.07, 6.45) is 6.66. The summed E-state index contributed by atoms with van der Waals surface area (Å²) in [4.78, 5) is 17.0. The number of aromatic nitrogens is 2. The number of carbonyl (C=O) groups excluding carboxylic acids is 1. The van der Waals surface area contributed by atoms with E-state index in [9.17, 15) is 4.79 Å². The van der Waals surface area contributed by atoms with Crippen molar-refractivity contribution in [3.8, 4) is 0 Å². The van der Waals surface area contributed by atoms with Gasteiger partial charge in [0.25, 0.3) is 0 Å². The van der Waals surface area contributed by atoms with Crippen LogP contribution in [0.3, 0.4) is 0 Å². The van der Waals surface area contributed by atoms with Crippen molar-refractivity contribution >= 4 is 22.6 Å². The predicted molar refractivity (Wildman–Crippen MR) is 122 cm³/mol. The van der Waals surface area contributed by atoms with Gasteiger partial charge in [-0.15, -0.1) is 0 Å². The monoisotopic (exact) mass is 398 g/mol. The minimum atomic E-state index is -0.204. The molecule has 2 heterocycles. The lowest BCUT2D eigenvalue weighted by Crippen LogP contribution is -2.33. The third-order valence-electron chi connectivity index (χ3n) is 5.50. The van der Waals surface area contributed by atoms with Gasteiger partial charge in [-0.1, -0.05) is 49.4 Å². The van der Waals surface area contributed by atoms with Crippen molar-refractivity contribution < 1.29 is 4.79 Å². The number of hydrogen-bond acceptors (Lipinski definition) is 2. The molecule has 2 aromatic heterocycles. The summed E-state index contributed by atoms with van der Waals surface area (Å²) < 4.78 is 2.13. The molecule has 152 valence electrons. The van der Waals surface area contributed by atoms with Crippen molar-refractivity contribution in [3.05, 3.63) is 95.9 Å². The fourth-order valence-electron chi connectivity index (χ4n) is 3.95. The standard InChI is InChI=1S/C25H26N4O/c1-3-18-9-4-6-12-23(18)28-25(30)27-16-21(19-10-8-14-26-15-19)22-17-29(2)24-13-7-5-11-20(22)24/h4-15,17,21H,3,16H2,1-2H3,(H2,27,28,30)/t21-/m0/s1. The Kier molecular flexibility index (Phi) is 5.80. The van der Waals surface area contributed by atoms with Gasteiger partial charge in [0.15, 0.2) is 0 Å². The van der Waals surface area contributed by atoms with Gasteiger partial charge >= 0.3 is 6.03 Å². The number of fused-ring (bicyclic) bond motifs is 1. The Morgan fingerprint density at radius 1 is 1.07 bits per heavy atom. The fraction of sp³-hybridized carbons (Fsp3) is 0.200. The van der Waals surface area contributed by atoms with E-state index in [0.29, 0.717) is 6.54 Å². The molecule has 0 spiro atoms. The minimum absolute atomic E-state index is 0.00281. The van der Waals surface area contributed by atoms with Crippen LogP contribution < -0.4 is 10.6 Å². The average molecular weight is 399 g/mol. The molecule has 0 saturated carbocycles. The second kappa shape index (κ2) is 8.82. The van der Waals surface area contributed by atoms with Gasteiger partial charge in [0.05, 0.1) is 0 Å². The number of hydrogen-bond donors (Lipinski definition) is 2. The van der Waals surface area contributed by atoms with Gasteiger partial charge < -0.3 is 15.2 Å². The first-order valence-corrected chi connectivity index (χ1v) is 10.2. The molecule has 2 N–H and O–H groups in total. The van der Waals surface area contributed by atoms with Crippen LogP contribution in [0.25, 0.3) is 10.9 Å². The molecule has 2 amide bonds. The van der Waals surface area contributed by atoms with Crippen LogP contribution in [-0.2, 0) is 13.5 Å². The highest BCUT2D eigenvalue weighted by Crippen LogP contribution is 2.31. The minimum Gasteiger partial charge on any atom is -0.350 e. The number of nitrogens with one attached hydrogen (secondary N) is 2. The number of urea groups is 1. The number of benzene rings is 2. The Labute approximate surface area is 176 Å². The van der Waals surface area contributed by atoms with E-state index in [-0.39, 0.29) is 11.9 Å². The number of para-hydroxylation sites is 2. The first kappa shape index (κ1) is 19.7. The predicted octanol–water partition coefficient (Wildman–Crippen LogP) is 5.09. The number of pyridine rings is 1. The van der Waals surface area contributed by atoms with E-state index in [1.54, 1.807) is 6.20 Å². The number of anilines is 1. The maximum absolute atomic E-state index is 12.7. The molecule has 0 bridgehead atoms. The van der Waals surface area contributed by atoms with E-state index < -0.39 is 0 Å². The zero-order valence-corrected chi connectivity index (χ0v) is 17.3. The van der Waals surface area contributed by atoms with Crippen molar-refractivity contribution in [2.75, 3.05) is 11.9 Å². The second-order valence-electron chi connectivity index (χ2n) is 7.40. The first-order valence-electron chi connectivity index (χ1n) is 10.2. The van der Waals surface area contributed by atoms with E-state index in [0.717, 1.165) is 23.2 Å². The van der Waals surface area contributed by atoms with Gasteiger partial charge in [-0.25, -0.2) is 4.79 Å². The zero-order chi connectivity index (χ0) is 20.9. The van der Waals surface area contributed by atoms with Gasteiger partial charge in [-0.05, 0) is 41.3 Å². The Morgan fingerprint density at radius 2 is 1.87 bits per heavy atom. The third-order valence-corrected chi connectivity index (χ3v) is 5.50. The summed E-state index contributed by atoms with van der Waals surface area (Å²) >= 11 is 0. The molecule has 0 aliphatic rings. The van der Waals surface area contributed by atoms with Gasteiger partial charge in [0, 0.05) is 54.7 Å². The molecule has 0 radical (unpaired) electrons. The highest BCUT2D eigenvalue weighted by atomic mass is 16.2. The van der Waals surface area contributed by atoms with Gasteiger partial charge in [-0.3, -0.25) is 4.98 Å². The highest BCUT2D eigenvalue weighted by molar-refractivity contribution is 5.90. The fourth-order valence-corrected chi connectivity index (χ4v) is 3.95. The molecule has 4 rings (SSSR count). The Hall–Kier alpha value is -3.60. The van der Waals surface area contributed by atoms with Crippen molar-refractivity contribution in [1.82, 2.24) is 14.9 Å². The summed E-state index contributed by atoms with van der Waals surface area (Å²) in [6, 6.07) is 20.0. The van der Waals surface area contributed by atoms with E-state index >= 15 is 0 Å². The van der Waals surface area contributed by atoms with E-state index in [4.69, 9.17) is 0 Å². The van der Waals surface area contributed by atoms with Crippen LogP contribution >= 0.6 is 0 Å². The number of rotatable bonds is 6. The summed E-state index contributed by atoms with van der Waals surface area (Å²) in [5, 5.41) is 7.25. The lowest BCUT2D eigenvalue weighted by atomic mass is 9.92. The van der Waals surface area contributed by atoms with E-state index in [1.165, 1.54) is 16.5 Å². The van der Waals surface area contributed by atoms with Crippen LogP contribution in [0.5, 0.6) is 0 Å². The lowest BCUT2D eigenvalue weighted by molar-refractivity contribution is 0.252. The molecule has 0 aliphatic carbocycles. The van der Waals surface area contributed by atoms with Crippen molar-refractivity contribution in [2.24, 2.45) is 7.05 Å². The molecule has 0 fully saturated rings. The van der Waals surface area contributed by atoms with Crippen molar-refractivity contribution in [2.45, 2.75) is 19.3 Å². The van der Waals surface area contributed by atoms with Crippen LogP contribution in [0.4, 0.5) is 10.5 Å². The SMILES string of the molecule is CCc1ccccc1NC(=O)NC[C@@H](c1cccnc1)c1cn(C)c2ccccc12. The molecule has 5 nitrogen and oxygen atoms in total. The summed E-state index contributed by atoms with van der Waals surface area (Å²) in [7, 11) is 2.05. The molecule has 30 heavy (non-hydrogen) atoms. The molecule has 2 aromatic carbocycles. The molecule has 0 saturated heterocycles. The molecule has 0 aliphatic heterocycles. The number of amides is 2. The molecule has 5 heteroatoms.